The van der Waals surface area contributed by atoms with Crippen LogP contribution in [0.1, 0.15) is 66.6 Å². The van der Waals surface area contributed by atoms with Crippen LogP contribution in [-0.2, 0) is 26.6 Å². The van der Waals surface area contributed by atoms with Gasteiger partial charge in [-0.05, 0) is 128 Å². The maximum Gasteiger partial charge on any atom is 0.455 e. The highest BCUT2D eigenvalue weighted by Crippen LogP contribution is 2.53. The molecule has 7 nitrogen and oxygen atoms in total. The van der Waals surface area contributed by atoms with Crippen molar-refractivity contribution in [3.05, 3.63) is 99.4 Å². The normalized spacial score (nSPS) is 22.7. The van der Waals surface area contributed by atoms with Gasteiger partial charge in [-0.2, -0.15) is 26.3 Å². The number of phenols is 1. The number of alkyl halides is 6. The van der Waals surface area contributed by atoms with Crippen LogP contribution in [-0.4, -0.2) is 40.2 Å². The summed E-state index contributed by atoms with van der Waals surface area (Å²) in [5.41, 5.74) is 1.20. The molecule has 2 N–H and O–H groups in total. The van der Waals surface area contributed by atoms with Crippen molar-refractivity contribution in [1.29, 1.82) is 0 Å². The minimum Gasteiger partial charge on any atom is -0.507 e. The lowest BCUT2D eigenvalue weighted by Crippen LogP contribution is -2.46. The average Bonchev–Trinajstić information content (AvgIpc) is 3.33. The van der Waals surface area contributed by atoms with E-state index < -0.39 is 72.0 Å². The molecule has 2 fully saturated rings. The van der Waals surface area contributed by atoms with Crippen molar-refractivity contribution < 1.29 is 50.7 Å². The van der Waals surface area contributed by atoms with E-state index in [1.54, 1.807) is 26.1 Å². The molecular weight excluding hydrogens is 689 g/mol. The summed E-state index contributed by atoms with van der Waals surface area (Å²) >= 11 is 0. The number of pyridine rings is 1. The molecular formula is C38H37BF6N2O5. The highest BCUT2D eigenvalue weighted by Gasteiger charge is 2.58. The average molecular weight is 727 g/mol. The van der Waals surface area contributed by atoms with Crippen molar-refractivity contribution in [2.24, 2.45) is 23.7 Å². The highest BCUT2D eigenvalue weighted by atomic mass is 19.4. The van der Waals surface area contributed by atoms with Crippen LogP contribution < -0.4 is 4.90 Å². The summed E-state index contributed by atoms with van der Waals surface area (Å²) in [7, 11) is -1.35. The van der Waals surface area contributed by atoms with Gasteiger partial charge in [0.15, 0.2) is 0 Å². The monoisotopic (exact) mass is 726 g/mol. The van der Waals surface area contributed by atoms with Crippen molar-refractivity contribution in [2.75, 3.05) is 4.90 Å². The lowest BCUT2D eigenvalue weighted by molar-refractivity contribution is -0.143. The maximum absolute atomic E-state index is 14.1. The molecule has 14 heteroatoms. The molecule has 0 unspecified atom stereocenters. The van der Waals surface area contributed by atoms with Gasteiger partial charge in [-0.1, -0.05) is 25.5 Å². The molecule has 2 amide bonds. The number of carbonyl (C=O) groups excluding carboxylic acids is 2. The Morgan fingerprint density at radius 3 is 2.17 bits per heavy atom. The van der Waals surface area contributed by atoms with Crippen LogP contribution in [0.25, 0.3) is 11.6 Å². The molecule has 0 radical (unpaired) electrons. The molecule has 274 valence electrons. The molecule has 1 aliphatic carbocycles. The van der Waals surface area contributed by atoms with E-state index in [0.29, 0.717) is 46.7 Å². The molecule has 3 aromatic rings. The molecule has 2 aliphatic heterocycles. The zero-order valence-electron chi connectivity index (χ0n) is 28.8. The van der Waals surface area contributed by atoms with Crippen molar-refractivity contribution in [1.82, 2.24) is 4.98 Å². The largest absolute Gasteiger partial charge is 0.507 e. The molecule has 1 aromatic heterocycles. The Hall–Kier alpha value is -4.43. The minimum absolute atomic E-state index is 0.0464. The number of aromatic hydroxyl groups is 1. The van der Waals surface area contributed by atoms with E-state index in [1.165, 1.54) is 0 Å². The van der Waals surface area contributed by atoms with Gasteiger partial charge in [0.1, 0.15) is 5.75 Å². The Bertz CT molecular complexity index is 1900. The lowest BCUT2D eigenvalue weighted by atomic mass is 9.57. The zero-order chi connectivity index (χ0) is 37.9. The van der Waals surface area contributed by atoms with Crippen LogP contribution in [0, 0.1) is 37.5 Å². The number of phenolic OH excluding ortho intramolecular Hbond substituents is 1. The van der Waals surface area contributed by atoms with Gasteiger partial charge >= 0.3 is 19.5 Å². The van der Waals surface area contributed by atoms with E-state index in [9.17, 15) is 46.1 Å². The van der Waals surface area contributed by atoms with Crippen LogP contribution >= 0.6 is 0 Å². The van der Waals surface area contributed by atoms with Gasteiger partial charge in [-0.25, -0.2) is 4.90 Å². The van der Waals surface area contributed by atoms with Crippen LogP contribution in [0.3, 0.4) is 0 Å². The summed E-state index contributed by atoms with van der Waals surface area (Å²) in [6.45, 7) is 7.40. The molecule has 6 rings (SSSR count). The number of rotatable bonds is 7. The number of hydrogen-bond donors (Lipinski definition) is 2. The van der Waals surface area contributed by atoms with E-state index in [0.717, 1.165) is 22.3 Å². The first-order chi connectivity index (χ1) is 24.3. The van der Waals surface area contributed by atoms with E-state index in [1.807, 2.05) is 44.2 Å². The number of fused-ring (bicyclic) bond motifs is 3. The number of carbonyl (C=O) groups is 2. The number of amides is 2. The molecule has 3 heterocycles. The summed E-state index contributed by atoms with van der Waals surface area (Å²) in [5, 5.41) is 21.3. The van der Waals surface area contributed by atoms with Crippen molar-refractivity contribution in [3.63, 3.8) is 0 Å². The number of allylic oxidation sites excluding steroid dienone is 2. The molecule has 3 aliphatic rings. The fourth-order valence-electron chi connectivity index (χ4n) is 7.96. The fraction of sp³-hybridized carbons (Fsp3) is 0.395. The number of benzene rings is 2. The first kappa shape index (κ1) is 37.3. The number of hydrogen-bond acceptors (Lipinski definition) is 6. The molecule has 2 saturated heterocycles. The van der Waals surface area contributed by atoms with Crippen LogP contribution in [0.2, 0.25) is 6.32 Å². The summed E-state index contributed by atoms with van der Waals surface area (Å²) in [4.78, 5) is 33.0. The minimum atomic E-state index is -5.17. The summed E-state index contributed by atoms with van der Waals surface area (Å²) in [6.07, 6.45) is -6.75. The van der Waals surface area contributed by atoms with Crippen molar-refractivity contribution >= 4 is 36.3 Å². The van der Waals surface area contributed by atoms with Gasteiger partial charge in [-0.15, -0.1) is 0 Å². The van der Waals surface area contributed by atoms with Crippen molar-refractivity contribution in [2.45, 2.75) is 71.7 Å². The second-order valence-corrected chi connectivity index (χ2v) is 14.1. The zero-order valence-corrected chi connectivity index (χ0v) is 28.8. The molecule has 0 saturated carbocycles. The fourth-order valence-corrected chi connectivity index (χ4v) is 7.96. The number of imide groups is 1. The SMILES string of the molecule is Cc1cc(/C=C(/CC[C@H]2OB(O)C[C@H]3C2=C(C(C)C)C[C@H]2C(=O)N(c4cc(C(F)(F)F)cc(C(F)(F)F)c4)C(=O)[C@H]23)c2ccccn2)cc(C)c1O. The van der Waals surface area contributed by atoms with E-state index in [2.05, 4.69) is 4.98 Å². The second kappa shape index (κ2) is 13.9. The highest BCUT2D eigenvalue weighted by molar-refractivity contribution is 6.43. The van der Waals surface area contributed by atoms with E-state index >= 15 is 0 Å². The molecule has 52 heavy (non-hydrogen) atoms. The quantitative estimate of drug-likeness (QED) is 0.110. The predicted molar refractivity (Wildman–Crippen MR) is 182 cm³/mol. The third-order valence-electron chi connectivity index (χ3n) is 10.3. The summed E-state index contributed by atoms with van der Waals surface area (Å²) in [6, 6.07) is 9.91. The predicted octanol–water partition coefficient (Wildman–Crippen LogP) is 8.42. The van der Waals surface area contributed by atoms with Crippen molar-refractivity contribution in [3.8, 4) is 5.75 Å². The number of aromatic nitrogens is 1. The van der Waals surface area contributed by atoms with Crippen LogP contribution in [0.4, 0.5) is 32.0 Å². The first-order valence-electron chi connectivity index (χ1n) is 17.0. The Morgan fingerprint density at radius 1 is 0.981 bits per heavy atom. The smallest absolute Gasteiger partial charge is 0.455 e. The molecule has 0 spiro atoms. The standard InChI is InChI=1S/C38H37BF6N2O5/c1-19(2)27-17-28-33(36(50)47(35(28)49)26-15-24(37(40,41)42)14-25(16-26)38(43,44)45)29-18-39(51)52-31(32(27)29)9-8-23(30-7-5-6-10-46-30)13-22-11-20(3)34(48)21(4)12-22/h5-7,10-16,19,28-29,31,33,48,51H,8-9,17-18H2,1-4H3/b23-13-/t28-,29+,31-,33-/m1/s1. The van der Waals surface area contributed by atoms with Gasteiger partial charge in [0.25, 0.3) is 0 Å². The van der Waals surface area contributed by atoms with Gasteiger partial charge in [-0.3, -0.25) is 14.6 Å². The second-order valence-electron chi connectivity index (χ2n) is 14.1. The van der Waals surface area contributed by atoms with E-state index in [4.69, 9.17) is 4.65 Å². The van der Waals surface area contributed by atoms with Gasteiger partial charge < -0.3 is 14.8 Å². The Balaban J connectivity index is 1.37. The number of aryl methyl sites for hydroxylation is 2. The lowest BCUT2D eigenvalue weighted by Gasteiger charge is -2.44. The summed E-state index contributed by atoms with van der Waals surface area (Å²) in [5.74, 6) is -4.66. The van der Waals surface area contributed by atoms with Gasteiger partial charge in [0, 0.05) is 6.20 Å². The number of halogens is 6. The Kier molecular flexibility index (Phi) is 9.94. The van der Waals surface area contributed by atoms with Crippen LogP contribution in [0.5, 0.6) is 5.75 Å². The van der Waals surface area contributed by atoms with E-state index in [-0.39, 0.29) is 30.5 Å². The van der Waals surface area contributed by atoms with Gasteiger partial charge in [0.2, 0.25) is 11.8 Å². The Morgan fingerprint density at radius 2 is 1.62 bits per heavy atom. The molecule has 2 aromatic carbocycles. The molecule has 0 bridgehead atoms. The van der Waals surface area contributed by atoms with Crippen LogP contribution in [0.15, 0.2) is 65.9 Å². The van der Waals surface area contributed by atoms with Gasteiger partial charge in [0.05, 0.1) is 40.4 Å². The first-order valence-corrected chi connectivity index (χ1v) is 17.0. The summed E-state index contributed by atoms with van der Waals surface area (Å²) < 4.78 is 88.6. The number of nitrogens with zero attached hydrogens (tertiary/aromatic N) is 2. The maximum atomic E-state index is 14.1. The third kappa shape index (κ3) is 7.15. The number of anilines is 1. The topological polar surface area (TPSA) is 100.0 Å². The Labute approximate surface area is 297 Å². The third-order valence-corrected chi connectivity index (χ3v) is 10.3. The molecule has 4 atom stereocenters.